The molecule has 0 atom stereocenters. The van der Waals surface area contributed by atoms with Crippen LogP contribution in [0.5, 0.6) is 0 Å². The molecule has 0 spiro atoms. The summed E-state index contributed by atoms with van der Waals surface area (Å²) in [7, 11) is 0. The van der Waals surface area contributed by atoms with Gasteiger partial charge in [0.1, 0.15) is 0 Å². The second kappa shape index (κ2) is 7.82. The van der Waals surface area contributed by atoms with E-state index in [4.69, 9.17) is 16.1 Å². The third-order valence-corrected chi connectivity index (χ3v) is 4.81. The minimum absolute atomic E-state index is 0.0792. The first-order valence-corrected chi connectivity index (χ1v) is 9.26. The molecule has 0 radical (unpaired) electrons. The molecule has 1 N–H and O–H groups in total. The Morgan fingerprint density at radius 2 is 2.07 bits per heavy atom. The summed E-state index contributed by atoms with van der Waals surface area (Å²) in [5, 5.41) is 7.18. The van der Waals surface area contributed by atoms with Crippen molar-refractivity contribution in [2.75, 3.05) is 11.4 Å². The summed E-state index contributed by atoms with van der Waals surface area (Å²) < 4.78 is 5.19. The molecule has 1 aliphatic heterocycles. The van der Waals surface area contributed by atoms with Gasteiger partial charge in [0.05, 0.1) is 11.6 Å². The Hall–Kier alpha value is -3.19. The molecule has 1 fully saturated rings. The smallest absolute Gasteiger partial charge is 0.251 e. The molecule has 7 nitrogen and oxygen atoms in total. The van der Waals surface area contributed by atoms with Gasteiger partial charge in [0, 0.05) is 29.8 Å². The fourth-order valence-corrected chi connectivity index (χ4v) is 3.29. The molecule has 1 aromatic heterocycles. The van der Waals surface area contributed by atoms with Crippen molar-refractivity contribution < 1.29 is 14.1 Å². The zero-order valence-corrected chi connectivity index (χ0v) is 15.6. The van der Waals surface area contributed by atoms with Crippen LogP contribution in [0.3, 0.4) is 0 Å². The van der Waals surface area contributed by atoms with Crippen molar-refractivity contribution in [2.45, 2.75) is 19.4 Å². The second-order valence-corrected chi connectivity index (χ2v) is 6.78. The van der Waals surface area contributed by atoms with Gasteiger partial charge in [-0.2, -0.15) is 4.98 Å². The number of amides is 2. The van der Waals surface area contributed by atoms with Crippen LogP contribution in [-0.4, -0.2) is 28.5 Å². The topological polar surface area (TPSA) is 88.3 Å². The Labute approximate surface area is 166 Å². The minimum atomic E-state index is -0.286. The molecule has 8 heteroatoms. The lowest BCUT2D eigenvalue weighted by molar-refractivity contribution is -0.117. The first-order valence-electron chi connectivity index (χ1n) is 8.88. The number of benzene rings is 2. The highest BCUT2D eigenvalue weighted by atomic mass is 35.5. The summed E-state index contributed by atoms with van der Waals surface area (Å²) in [5.41, 5.74) is 1.85. The van der Waals surface area contributed by atoms with E-state index in [9.17, 15) is 9.59 Å². The Kier molecular flexibility index (Phi) is 5.08. The van der Waals surface area contributed by atoms with Gasteiger partial charge in [-0.05, 0) is 36.8 Å². The van der Waals surface area contributed by atoms with Crippen LogP contribution in [-0.2, 0) is 11.3 Å². The first kappa shape index (κ1) is 18.2. The number of carbonyl (C=O) groups is 2. The van der Waals surface area contributed by atoms with E-state index in [1.54, 1.807) is 35.2 Å². The van der Waals surface area contributed by atoms with Crippen LogP contribution in [0.15, 0.2) is 53.1 Å². The van der Waals surface area contributed by atoms with E-state index >= 15 is 0 Å². The van der Waals surface area contributed by atoms with Gasteiger partial charge in [-0.3, -0.25) is 9.59 Å². The predicted octanol–water partition coefficient (Wildman–Crippen LogP) is 3.45. The number of halogens is 1. The lowest BCUT2D eigenvalue weighted by atomic mass is 10.1. The average Bonchev–Trinajstić information content (AvgIpc) is 3.35. The van der Waals surface area contributed by atoms with E-state index in [1.807, 2.05) is 18.2 Å². The molecule has 0 saturated carbocycles. The summed E-state index contributed by atoms with van der Waals surface area (Å²) in [6, 6.07) is 14.2. The molecule has 1 saturated heterocycles. The number of rotatable bonds is 5. The lowest BCUT2D eigenvalue weighted by Gasteiger charge is -2.16. The van der Waals surface area contributed by atoms with Gasteiger partial charge in [0.2, 0.25) is 17.6 Å². The largest absolute Gasteiger partial charge is 0.343 e. The third-order valence-electron chi connectivity index (χ3n) is 4.48. The van der Waals surface area contributed by atoms with E-state index in [2.05, 4.69) is 15.5 Å². The SMILES string of the molecule is O=C(NCc1nc(-c2ccccc2Cl)no1)c1cccc(N2CCCC2=O)c1. The van der Waals surface area contributed by atoms with E-state index in [1.165, 1.54) is 0 Å². The molecule has 1 aliphatic rings. The summed E-state index contributed by atoms with van der Waals surface area (Å²) in [6.07, 6.45) is 1.38. The zero-order chi connectivity index (χ0) is 19.5. The van der Waals surface area contributed by atoms with Gasteiger partial charge in [-0.15, -0.1) is 0 Å². The summed E-state index contributed by atoms with van der Waals surface area (Å²) in [5.74, 6) is 0.431. The van der Waals surface area contributed by atoms with Crippen molar-refractivity contribution in [3.63, 3.8) is 0 Å². The van der Waals surface area contributed by atoms with Crippen molar-refractivity contribution in [3.8, 4) is 11.4 Å². The molecule has 0 aliphatic carbocycles. The summed E-state index contributed by atoms with van der Waals surface area (Å²) >= 11 is 6.14. The van der Waals surface area contributed by atoms with Gasteiger partial charge in [0.15, 0.2) is 0 Å². The van der Waals surface area contributed by atoms with E-state index in [0.717, 1.165) is 12.1 Å². The molecule has 142 valence electrons. The number of carbonyl (C=O) groups excluding carboxylic acids is 2. The van der Waals surface area contributed by atoms with Crippen LogP contribution in [0, 0.1) is 0 Å². The molecular formula is C20H17ClN4O3. The Bertz CT molecular complexity index is 1030. The van der Waals surface area contributed by atoms with Crippen molar-refractivity contribution >= 4 is 29.1 Å². The van der Waals surface area contributed by atoms with E-state index in [0.29, 0.717) is 34.9 Å². The average molecular weight is 397 g/mol. The number of nitrogens with one attached hydrogen (secondary N) is 1. The molecule has 0 bridgehead atoms. The lowest BCUT2D eigenvalue weighted by Crippen LogP contribution is -2.25. The molecular weight excluding hydrogens is 380 g/mol. The van der Waals surface area contributed by atoms with Gasteiger partial charge in [-0.1, -0.05) is 35.0 Å². The Balaban J connectivity index is 1.43. The molecule has 2 heterocycles. The number of anilines is 1. The molecule has 4 rings (SSSR count). The highest BCUT2D eigenvalue weighted by Gasteiger charge is 2.22. The van der Waals surface area contributed by atoms with Gasteiger partial charge < -0.3 is 14.7 Å². The summed E-state index contributed by atoms with van der Waals surface area (Å²) in [4.78, 5) is 30.3. The Morgan fingerprint density at radius 3 is 2.86 bits per heavy atom. The molecule has 2 aromatic carbocycles. The predicted molar refractivity (Wildman–Crippen MR) is 104 cm³/mol. The quantitative estimate of drug-likeness (QED) is 0.713. The fraction of sp³-hybridized carbons (Fsp3) is 0.200. The van der Waals surface area contributed by atoms with Crippen LogP contribution in [0.25, 0.3) is 11.4 Å². The van der Waals surface area contributed by atoms with Crippen molar-refractivity contribution in [1.82, 2.24) is 15.5 Å². The van der Waals surface area contributed by atoms with E-state index < -0.39 is 0 Å². The van der Waals surface area contributed by atoms with E-state index in [-0.39, 0.29) is 24.2 Å². The van der Waals surface area contributed by atoms with Gasteiger partial charge in [-0.25, -0.2) is 0 Å². The van der Waals surface area contributed by atoms with Crippen LogP contribution < -0.4 is 10.2 Å². The number of aromatic nitrogens is 2. The van der Waals surface area contributed by atoms with Crippen LogP contribution in [0.4, 0.5) is 5.69 Å². The number of hydrogen-bond donors (Lipinski definition) is 1. The third kappa shape index (κ3) is 3.75. The molecule has 2 amide bonds. The zero-order valence-electron chi connectivity index (χ0n) is 14.9. The fourth-order valence-electron chi connectivity index (χ4n) is 3.07. The normalized spacial score (nSPS) is 13.8. The van der Waals surface area contributed by atoms with Crippen LogP contribution >= 0.6 is 11.6 Å². The minimum Gasteiger partial charge on any atom is -0.343 e. The first-order chi connectivity index (χ1) is 13.6. The highest BCUT2D eigenvalue weighted by Crippen LogP contribution is 2.25. The molecule has 0 unspecified atom stereocenters. The van der Waals surface area contributed by atoms with Crippen molar-refractivity contribution in [1.29, 1.82) is 0 Å². The van der Waals surface area contributed by atoms with Crippen LogP contribution in [0.1, 0.15) is 29.1 Å². The Morgan fingerprint density at radius 1 is 1.21 bits per heavy atom. The maximum Gasteiger partial charge on any atom is 0.251 e. The monoisotopic (exact) mass is 396 g/mol. The van der Waals surface area contributed by atoms with Crippen molar-refractivity contribution in [2.24, 2.45) is 0 Å². The number of nitrogens with zero attached hydrogens (tertiary/aromatic N) is 3. The summed E-state index contributed by atoms with van der Waals surface area (Å²) in [6.45, 7) is 0.764. The highest BCUT2D eigenvalue weighted by molar-refractivity contribution is 6.33. The van der Waals surface area contributed by atoms with Gasteiger partial charge >= 0.3 is 0 Å². The van der Waals surface area contributed by atoms with Crippen LogP contribution in [0.2, 0.25) is 5.02 Å². The maximum absolute atomic E-state index is 12.5. The van der Waals surface area contributed by atoms with Crippen molar-refractivity contribution in [3.05, 3.63) is 65.0 Å². The standard InChI is InChI=1S/C20H17ClN4O3/c21-16-8-2-1-7-15(16)19-23-17(28-24-19)12-22-20(27)13-5-3-6-14(11-13)25-10-4-9-18(25)26/h1-3,5-8,11H,4,9-10,12H2,(H,22,27). The maximum atomic E-state index is 12.5. The number of hydrogen-bond acceptors (Lipinski definition) is 5. The molecule has 28 heavy (non-hydrogen) atoms. The second-order valence-electron chi connectivity index (χ2n) is 6.37. The molecule has 3 aromatic rings. The van der Waals surface area contributed by atoms with Gasteiger partial charge in [0.25, 0.3) is 5.91 Å².